The molecule has 4 aromatic rings. The Balaban J connectivity index is 1.48. The van der Waals surface area contributed by atoms with Crippen molar-refractivity contribution in [1.29, 1.82) is 0 Å². The highest BCUT2D eigenvalue weighted by Gasteiger charge is 2.32. The van der Waals surface area contributed by atoms with E-state index < -0.39 is 23.4 Å². The van der Waals surface area contributed by atoms with Crippen molar-refractivity contribution in [2.75, 3.05) is 36.0 Å². The number of rotatable bonds is 3. The van der Waals surface area contributed by atoms with Crippen LogP contribution in [-0.2, 0) is 6.18 Å². The topological polar surface area (TPSA) is 48.1 Å². The predicted octanol–water partition coefficient (Wildman–Crippen LogP) is 6.56. The molecule has 35 heavy (non-hydrogen) atoms. The van der Waals surface area contributed by atoms with Gasteiger partial charge in [0.25, 0.3) is 0 Å². The number of nitrogens with one attached hydrogen (secondary N) is 1. The summed E-state index contributed by atoms with van der Waals surface area (Å²) in [4.78, 5) is 15.6. The lowest BCUT2D eigenvalue weighted by atomic mass is 10.0. The third-order valence-corrected chi connectivity index (χ3v) is 6.29. The van der Waals surface area contributed by atoms with E-state index >= 15 is 0 Å². The number of anilines is 2. The van der Waals surface area contributed by atoms with Gasteiger partial charge in [0.05, 0.1) is 26.6 Å². The highest BCUT2D eigenvalue weighted by atomic mass is 35.5. The fourth-order valence-corrected chi connectivity index (χ4v) is 4.57. The molecule has 3 heterocycles. The molecule has 1 fully saturated rings. The van der Waals surface area contributed by atoms with Gasteiger partial charge in [0.1, 0.15) is 5.82 Å². The predicted molar refractivity (Wildman–Crippen MR) is 125 cm³/mol. The van der Waals surface area contributed by atoms with Crippen molar-refractivity contribution < 1.29 is 22.0 Å². The van der Waals surface area contributed by atoms with Crippen LogP contribution in [0.25, 0.3) is 22.2 Å². The monoisotopic (exact) mass is 527 g/mol. The first-order valence-electron chi connectivity index (χ1n) is 10.5. The molecule has 2 aromatic carbocycles. The Kier molecular flexibility index (Phi) is 5.96. The summed E-state index contributed by atoms with van der Waals surface area (Å²) >= 11 is 12.2. The zero-order valence-electron chi connectivity index (χ0n) is 17.8. The molecule has 0 bridgehead atoms. The van der Waals surface area contributed by atoms with E-state index in [1.54, 1.807) is 6.07 Å². The van der Waals surface area contributed by atoms with E-state index in [2.05, 4.69) is 15.0 Å². The summed E-state index contributed by atoms with van der Waals surface area (Å²) < 4.78 is 68.0. The molecule has 1 aliphatic rings. The van der Waals surface area contributed by atoms with Gasteiger partial charge in [-0.3, -0.25) is 0 Å². The molecule has 0 amide bonds. The van der Waals surface area contributed by atoms with Crippen molar-refractivity contribution in [1.82, 2.24) is 15.0 Å². The molecular weight excluding hydrogens is 512 g/mol. The highest BCUT2D eigenvalue weighted by Crippen LogP contribution is 2.38. The number of pyridine rings is 1. The number of imidazole rings is 1. The highest BCUT2D eigenvalue weighted by molar-refractivity contribution is 6.36. The third kappa shape index (κ3) is 4.60. The average molecular weight is 528 g/mol. The molecule has 1 N–H and O–H groups in total. The average Bonchev–Trinajstić information content (AvgIpc) is 3.24. The van der Waals surface area contributed by atoms with Gasteiger partial charge in [0.2, 0.25) is 5.95 Å². The number of aromatic nitrogens is 3. The number of piperazine rings is 1. The zero-order valence-corrected chi connectivity index (χ0v) is 19.3. The second-order valence-electron chi connectivity index (χ2n) is 8.04. The molecule has 5 nitrogen and oxygen atoms in total. The third-order valence-electron chi connectivity index (χ3n) is 5.81. The molecule has 1 saturated heterocycles. The maximum Gasteiger partial charge on any atom is 0.416 e. The quantitative estimate of drug-likeness (QED) is 0.307. The summed E-state index contributed by atoms with van der Waals surface area (Å²) in [6.07, 6.45) is -3.14. The molecule has 5 rings (SSSR count). The van der Waals surface area contributed by atoms with Crippen LogP contribution in [0.4, 0.5) is 33.7 Å². The van der Waals surface area contributed by atoms with E-state index in [0.717, 1.165) is 24.3 Å². The molecule has 0 unspecified atom stereocenters. The Morgan fingerprint density at radius 3 is 2.26 bits per heavy atom. The summed E-state index contributed by atoms with van der Waals surface area (Å²) in [5.41, 5.74) is -0.397. The van der Waals surface area contributed by atoms with E-state index in [-0.39, 0.29) is 16.6 Å². The fraction of sp³-hybridized carbons (Fsp3) is 0.217. The van der Waals surface area contributed by atoms with Crippen LogP contribution >= 0.6 is 23.2 Å². The summed E-state index contributed by atoms with van der Waals surface area (Å²) in [5.74, 6) is -1.28. The second kappa shape index (κ2) is 8.83. The zero-order chi connectivity index (χ0) is 24.9. The number of benzene rings is 2. The Hall–Kier alpha value is -3.11. The first kappa shape index (κ1) is 23.6. The summed E-state index contributed by atoms with van der Waals surface area (Å²) in [6.45, 7) is 2.06. The largest absolute Gasteiger partial charge is 0.416 e. The van der Waals surface area contributed by atoms with Gasteiger partial charge in [-0.1, -0.05) is 29.3 Å². The number of aromatic amines is 1. The molecule has 2 aromatic heterocycles. The molecule has 12 heteroatoms. The SMILES string of the molecule is Fc1ccc(-c2cc(C(F)(F)F)cc3nc(N4CCN(c5ncc(Cl)cc5Cl)CC4)[nH]c23)cc1F. The summed E-state index contributed by atoms with van der Waals surface area (Å²) in [6, 6.07) is 6.43. The maximum absolute atomic E-state index is 13.9. The molecule has 182 valence electrons. The minimum atomic E-state index is -4.64. The number of H-pyrrole nitrogens is 1. The minimum absolute atomic E-state index is 0.0689. The molecule has 0 saturated carbocycles. The van der Waals surface area contributed by atoms with Gasteiger partial charge in [-0.25, -0.2) is 18.7 Å². The number of nitrogens with zero attached hydrogens (tertiary/aromatic N) is 4. The lowest BCUT2D eigenvalue weighted by molar-refractivity contribution is -0.137. The van der Waals surface area contributed by atoms with Gasteiger partial charge in [-0.15, -0.1) is 0 Å². The Bertz CT molecular complexity index is 1410. The van der Waals surface area contributed by atoms with Gasteiger partial charge in [-0.2, -0.15) is 13.2 Å². The van der Waals surface area contributed by atoms with Gasteiger partial charge in [0.15, 0.2) is 11.6 Å². The Morgan fingerprint density at radius 2 is 1.60 bits per heavy atom. The maximum atomic E-state index is 13.9. The summed E-state index contributed by atoms with van der Waals surface area (Å²) in [7, 11) is 0. The van der Waals surface area contributed by atoms with Crippen molar-refractivity contribution in [2.45, 2.75) is 6.18 Å². The number of hydrogen-bond acceptors (Lipinski definition) is 4. The normalized spacial score (nSPS) is 14.7. The summed E-state index contributed by atoms with van der Waals surface area (Å²) in [5, 5.41) is 0.847. The first-order chi connectivity index (χ1) is 16.6. The fourth-order valence-electron chi connectivity index (χ4n) is 4.08. The second-order valence-corrected chi connectivity index (χ2v) is 8.88. The van der Waals surface area contributed by atoms with E-state index in [0.29, 0.717) is 53.5 Å². The van der Waals surface area contributed by atoms with Crippen molar-refractivity contribution in [3.8, 4) is 11.1 Å². The van der Waals surface area contributed by atoms with E-state index in [1.807, 2.05) is 9.80 Å². The van der Waals surface area contributed by atoms with Crippen molar-refractivity contribution in [2.24, 2.45) is 0 Å². The lowest BCUT2D eigenvalue weighted by Gasteiger charge is -2.35. The molecule has 0 radical (unpaired) electrons. The van der Waals surface area contributed by atoms with Crippen molar-refractivity contribution >= 4 is 46.0 Å². The van der Waals surface area contributed by atoms with Crippen LogP contribution in [-0.4, -0.2) is 41.1 Å². The molecule has 1 aliphatic heterocycles. The minimum Gasteiger partial charge on any atom is -0.352 e. The molecule has 0 spiro atoms. The van der Waals surface area contributed by atoms with E-state index in [9.17, 15) is 22.0 Å². The van der Waals surface area contributed by atoms with E-state index in [1.165, 1.54) is 12.3 Å². The van der Waals surface area contributed by atoms with Crippen molar-refractivity contribution in [3.05, 3.63) is 69.8 Å². The standard InChI is InChI=1S/C23H16Cl2F5N5/c24-14-10-16(25)21(31-11-14)34-3-5-35(6-4-34)22-32-19-9-13(23(28,29)30)8-15(20(19)33-22)12-1-2-17(26)18(27)7-12/h1-2,7-11H,3-6H2,(H,32,33). The molecule has 0 aliphatic carbocycles. The van der Waals surface area contributed by atoms with Crippen LogP contribution in [0.5, 0.6) is 0 Å². The molecule has 0 atom stereocenters. The van der Waals surface area contributed by atoms with Crippen LogP contribution in [0.3, 0.4) is 0 Å². The van der Waals surface area contributed by atoms with Gasteiger partial charge >= 0.3 is 6.18 Å². The Labute approximate surface area is 206 Å². The number of hydrogen-bond donors (Lipinski definition) is 1. The lowest BCUT2D eigenvalue weighted by Crippen LogP contribution is -2.47. The van der Waals surface area contributed by atoms with Gasteiger partial charge in [0, 0.05) is 37.9 Å². The van der Waals surface area contributed by atoms with Crippen LogP contribution in [0.1, 0.15) is 5.56 Å². The number of fused-ring (bicyclic) bond motifs is 1. The van der Waals surface area contributed by atoms with E-state index in [4.69, 9.17) is 23.2 Å². The van der Waals surface area contributed by atoms with Crippen LogP contribution < -0.4 is 9.80 Å². The van der Waals surface area contributed by atoms with Crippen LogP contribution in [0.15, 0.2) is 42.6 Å². The van der Waals surface area contributed by atoms with Crippen LogP contribution in [0, 0.1) is 11.6 Å². The number of halogens is 7. The van der Waals surface area contributed by atoms with Crippen LogP contribution in [0.2, 0.25) is 10.0 Å². The van der Waals surface area contributed by atoms with Gasteiger partial charge < -0.3 is 14.8 Å². The Morgan fingerprint density at radius 1 is 0.886 bits per heavy atom. The molecular formula is C23H16Cl2F5N5. The van der Waals surface area contributed by atoms with Crippen molar-refractivity contribution in [3.63, 3.8) is 0 Å². The first-order valence-corrected chi connectivity index (χ1v) is 11.2. The van der Waals surface area contributed by atoms with Gasteiger partial charge in [-0.05, 0) is 35.9 Å². The number of alkyl halides is 3. The smallest absolute Gasteiger partial charge is 0.352 e.